The number of carbonyl (C=O) groups excluding carboxylic acids is 2. The second kappa shape index (κ2) is 26.9. The fourth-order valence-corrected chi connectivity index (χ4v) is 7.93. The Balaban J connectivity index is 0.00000106. The highest BCUT2D eigenvalue weighted by atomic mass is 32.2. The van der Waals surface area contributed by atoms with Gasteiger partial charge in [-0.15, -0.1) is 0 Å². The van der Waals surface area contributed by atoms with Crippen LogP contribution < -0.4 is 30.1 Å². The van der Waals surface area contributed by atoms with E-state index in [9.17, 15) is 35.9 Å². The number of rotatable bonds is 14. The molecule has 4 rings (SSSR count). The summed E-state index contributed by atoms with van der Waals surface area (Å²) in [4.78, 5) is 27.2. The van der Waals surface area contributed by atoms with E-state index < -0.39 is 31.3 Å². The molecule has 0 saturated heterocycles. The molecule has 0 radical (unpaired) electrons. The molecular formula is C54H66F6N4O10S2. The lowest BCUT2D eigenvalue weighted by Crippen LogP contribution is -2.49. The third-order valence-electron chi connectivity index (χ3n) is 11.9. The summed E-state index contributed by atoms with van der Waals surface area (Å²) in [5.74, 6) is 1.33. The molecule has 76 heavy (non-hydrogen) atoms. The van der Waals surface area contributed by atoms with Crippen molar-refractivity contribution < 1.29 is 80.5 Å². The van der Waals surface area contributed by atoms with Crippen molar-refractivity contribution in [3.8, 4) is 11.8 Å². The fourth-order valence-electron chi connectivity index (χ4n) is 7.93. The zero-order valence-electron chi connectivity index (χ0n) is 44.3. The minimum absolute atomic E-state index is 0.0912. The van der Waals surface area contributed by atoms with Gasteiger partial charge >= 0.3 is 22.8 Å². The number of pyridine rings is 2. The second-order valence-electron chi connectivity index (χ2n) is 19.0. The first-order chi connectivity index (χ1) is 34.8. The average Bonchev–Trinajstić information content (AvgIpc) is 3.29. The van der Waals surface area contributed by atoms with Gasteiger partial charge in [0, 0.05) is 47.5 Å². The number of hydrogen-bond acceptors (Lipinski definition) is 12. The lowest BCUT2D eigenvalue weighted by Gasteiger charge is -2.34. The van der Waals surface area contributed by atoms with Crippen molar-refractivity contribution in [3.05, 3.63) is 166 Å². The number of ketones is 2. The number of nitrogens with two attached hydrogens (primary N) is 2. The molecule has 2 aliphatic rings. The Morgan fingerprint density at radius 1 is 0.592 bits per heavy atom. The number of nitrogens with zero attached hydrogens (tertiary/aromatic N) is 2. The van der Waals surface area contributed by atoms with E-state index in [0.717, 1.165) is 44.6 Å². The van der Waals surface area contributed by atoms with Crippen LogP contribution in [0.2, 0.25) is 0 Å². The first-order valence-corrected chi connectivity index (χ1v) is 25.9. The Morgan fingerprint density at radius 2 is 0.868 bits per heavy atom. The number of anilines is 2. The van der Waals surface area contributed by atoms with Crippen LogP contribution >= 0.6 is 0 Å². The minimum atomic E-state index is -6.09. The first-order valence-electron chi connectivity index (χ1n) is 23.1. The van der Waals surface area contributed by atoms with Crippen molar-refractivity contribution in [2.75, 3.05) is 25.7 Å². The molecule has 22 heteroatoms. The fraction of sp³-hybridized carbons (Fsp3) is 0.370. The number of carbonyl (C=O) groups is 2. The molecule has 14 nitrogen and oxygen atoms in total. The predicted octanol–water partition coefficient (Wildman–Crippen LogP) is 10.5. The largest absolute Gasteiger partial charge is 0.741 e. The van der Waals surface area contributed by atoms with Gasteiger partial charge in [0.05, 0.1) is 26.4 Å². The Labute approximate surface area is 441 Å². The van der Waals surface area contributed by atoms with Crippen molar-refractivity contribution in [1.82, 2.24) is 0 Å². The molecule has 2 atom stereocenters. The molecule has 0 bridgehead atoms. The Hall–Kier alpha value is -6.62. The van der Waals surface area contributed by atoms with Crippen LogP contribution in [-0.2, 0) is 29.8 Å². The van der Waals surface area contributed by atoms with Crippen LogP contribution in [0.3, 0.4) is 0 Å². The minimum Gasteiger partial charge on any atom is -0.741 e. The van der Waals surface area contributed by atoms with Crippen molar-refractivity contribution in [2.45, 2.75) is 105 Å². The van der Waals surface area contributed by atoms with Crippen LogP contribution in [-0.4, -0.2) is 62.7 Å². The number of nitrogen functional groups attached to an aromatic ring is 2. The van der Waals surface area contributed by atoms with Gasteiger partial charge in [-0.2, -0.15) is 35.5 Å². The molecule has 2 unspecified atom stereocenters. The van der Waals surface area contributed by atoms with Gasteiger partial charge in [-0.3, -0.25) is 9.59 Å². The van der Waals surface area contributed by atoms with E-state index in [1.54, 1.807) is 38.5 Å². The molecule has 2 aliphatic carbocycles. The van der Waals surface area contributed by atoms with Crippen LogP contribution in [0, 0.1) is 10.8 Å². The number of Topliss-reactive ketones (excluding diaryl/α,β-unsaturated/α-hetero) is 2. The van der Waals surface area contributed by atoms with Gasteiger partial charge in [0.2, 0.25) is 23.7 Å². The molecule has 0 saturated carbocycles. The first kappa shape index (κ1) is 65.5. The number of hydrogen-bond donors (Lipinski definition) is 2. The summed E-state index contributed by atoms with van der Waals surface area (Å²) >= 11 is 0. The lowest BCUT2D eigenvalue weighted by molar-refractivity contribution is -0.715. The van der Waals surface area contributed by atoms with E-state index >= 15 is 0 Å². The molecule has 0 spiro atoms. The molecule has 2 heterocycles. The SMILES string of the molecule is COc1cc(N)cc[n+]1C1CC(C)(C)C(/C=C/C(C)=C/C=C/C(C)=C/C=C/C=C(C)/C=C/C=C(C)/C=C/C2=C(C)C(=O)C([n+]3ccc(N)cc3OC)CC2(C)C)=C(C)C1=O.O=S(=O)([O-])C(F)(F)F.O=S(=O)([O-])C(F)(F)F. The van der Waals surface area contributed by atoms with Crippen molar-refractivity contribution >= 4 is 43.2 Å². The van der Waals surface area contributed by atoms with E-state index in [-0.39, 0.29) is 34.5 Å². The normalized spacial score (nSPS) is 19.5. The number of halogens is 6. The third kappa shape index (κ3) is 19.2. The average molecular weight is 1110 g/mol. The molecule has 2 aromatic rings. The van der Waals surface area contributed by atoms with Gasteiger partial charge in [-0.05, 0) is 63.5 Å². The topological polar surface area (TPSA) is 227 Å². The van der Waals surface area contributed by atoms with Gasteiger partial charge in [-0.25, -0.2) is 16.8 Å². The molecule has 416 valence electrons. The number of methoxy groups -OCH3 is 2. The standard InChI is InChI=1S/C52H64N4O4.2CHF3O3S/c1-35(19-15-21-37(3)23-25-43-39(5)49(57)45(33-51(43,7)8)55-29-27-41(53)31-47(55)59-11)17-13-14-18-36(2)20-16-22-38(4)24-26-44-40(6)50(58)46(34-52(44,9)10)56-30-28-42(54)32-48(56)60-12;2*2-1(3,4)8(5,6)7/h13-32,45-46,53-54H,33-34H2,1-12H3;2*(H,5,6,7)/b14-13+,19-15+,20-16+,25-23+,26-24+,35-17+,36-18+,37-21+,38-22+;;. The highest BCUT2D eigenvalue weighted by Crippen LogP contribution is 2.44. The summed E-state index contributed by atoms with van der Waals surface area (Å²) in [5.41, 5.74) is 9.45. The zero-order chi connectivity index (χ0) is 58.4. The van der Waals surface area contributed by atoms with Crippen LogP contribution in [0.1, 0.15) is 94.2 Å². The summed E-state index contributed by atoms with van der Waals surface area (Å²) in [6.45, 7) is 20.9. The summed E-state index contributed by atoms with van der Waals surface area (Å²) < 4.78 is 133. The highest BCUT2D eigenvalue weighted by Gasteiger charge is 2.46. The van der Waals surface area contributed by atoms with Gasteiger partial charge in [0.1, 0.15) is 0 Å². The van der Waals surface area contributed by atoms with E-state index in [0.29, 0.717) is 36.0 Å². The number of ether oxygens (including phenoxy) is 2. The van der Waals surface area contributed by atoms with Gasteiger partial charge in [0.15, 0.2) is 32.6 Å². The summed E-state index contributed by atoms with van der Waals surface area (Å²) in [6.07, 6.45) is 34.0. The summed E-state index contributed by atoms with van der Waals surface area (Å²) in [6, 6.07) is 6.39. The molecule has 0 aliphatic heterocycles. The summed E-state index contributed by atoms with van der Waals surface area (Å²) in [5, 5.41) is 0. The highest BCUT2D eigenvalue weighted by molar-refractivity contribution is 7.86. The number of alkyl halides is 6. The van der Waals surface area contributed by atoms with Gasteiger partial charge < -0.3 is 30.0 Å². The number of aromatic nitrogens is 2. The monoisotopic (exact) mass is 1110 g/mol. The second-order valence-corrected chi connectivity index (χ2v) is 21.8. The van der Waals surface area contributed by atoms with Crippen LogP contribution in [0.25, 0.3) is 0 Å². The lowest BCUT2D eigenvalue weighted by atomic mass is 9.70. The van der Waals surface area contributed by atoms with Crippen LogP contribution in [0.5, 0.6) is 11.8 Å². The maximum Gasteiger partial charge on any atom is 0.485 e. The van der Waals surface area contributed by atoms with E-state index in [1.807, 2.05) is 59.7 Å². The van der Waals surface area contributed by atoms with Crippen molar-refractivity contribution in [3.63, 3.8) is 0 Å². The van der Waals surface area contributed by atoms with E-state index in [1.165, 1.54) is 0 Å². The predicted molar refractivity (Wildman–Crippen MR) is 278 cm³/mol. The maximum absolute atomic E-state index is 13.6. The van der Waals surface area contributed by atoms with E-state index in [2.05, 4.69) is 116 Å². The van der Waals surface area contributed by atoms with Crippen molar-refractivity contribution in [1.29, 1.82) is 0 Å². The van der Waals surface area contributed by atoms with Crippen LogP contribution in [0.15, 0.2) is 166 Å². The Kier molecular flexibility index (Phi) is 23.2. The summed E-state index contributed by atoms with van der Waals surface area (Å²) in [7, 11) is -8.99. The Bertz CT molecular complexity index is 2860. The molecular weight excluding hydrogens is 1040 g/mol. The molecule has 0 fully saturated rings. The quantitative estimate of drug-likeness (QED) is 0.0592. The third-order valence-corrected chi connectivity index (χ3v) is 13.0. The molecule has 0 amide bonds. The maximum atomic E-state index is 13.6. The van der Waals surface area contributed by atoms with Crippen molar-refractivity contribution in [2.24, 2.45) is 10.8 Å². The van der Waals surface area contributed by atoms with Crippen LogP contribution in [0.4, 0.5) is 37.7 Å². The zero-order valence-corrected chi connectivity index (χ0v) is 46.0. The Morgan fingerprint density at radius 3 is 1.14 bits per heavy atom. The molecule has 2 aromatic heterocycles. The van der Waals surface area contributed by atoms with Gasteiger partial charge in [0.25, 0.3) is 0 Å². The smallest absolute Gasteiger partial charge is 0.485 e. The number of allylic oxidation sites excluding steroid dienone is 22. The molecule has 4 N–H and O–H groups in total. The molecule has 0 aromatic carbocycles. The van der Waals surface area contributed by atoms with E-state index in [4.69, 9.17) is 46.9 Å². The van der Waals surface area contributed by atoms with Gasteiger partial charge in [-0.1, -0.05) is 135 Å².